The SMILES string of the molecule is CSc1n[nH]c2ncnc(N3CCCC3)c12. The number of rotatable bonds is 2. The van der Waals surface area contributed by atoms with Crippen LogP contribution in [0.2, 0.25) is 0 Å². The Morgan fingerprint density at radius 1 is 1.31 bits per heavy atom. The highest BCUT2D eigenvalue weighted by atomic mass is 32.2. The lowest BCUT2D eigenvalue weighted by Crippen LogP contribution is -2.19. The predicted molar refractivity (Wildman–Crippen MR) is 64.9 cm³/mol. The molecule has 0 aromatic carbocycles. The van der Waals surface area contributed by atoms with Gasteiger partial charge >= 0.3 is 0 Å². The Balaban J connectivity index is 2.18. The topological polar surface area (TPSA) is 57.7 Å². The number of fused-ring (bicyclic) bond motifs is 1. The van der Waals surface area contributed by atoms with Gasteiger partial charge in [0.05, 0.1) is 5.39 Å². The molecule has 6 heteroatoms. The summed E-state index contributed by atoms with van der Waals surface area (Å²) in [4.78, 5) is 10.9. The first kappa shape index (κ1) is 9.89. The molecular weight excluding hydrogens is 222 g/mol. The summed E-state index contributed by atoms with van der Waals surface area (Å²) in [5.74, 6) is 1.03. The monoisotopic (exact) mass is 235 g/mol. The van der Waals surface area contributed by atoms with Gasteiger partial charge in [0.25, 0.3) is 0 Å². The minimum Gasteiger partial charge on any atom is -0.356 e. The molecule has 0 bridgehead atoms. The largest absolute Gasteiger partial charge is 0.356 e. The molecule has 0 radical (unpaired) electrons. The van der Waals surface area contributed by atoms with Crippen LogP contribution in [0.3, 0.4) is 0 Å². The van der Waals surface area contributed by atoms with Crippen molar-refractivity contribution >= 4 is 28.6 Å². The predicted octanol–water partition coefficient (Wildman–Crippen LogP) is 1.67. The Labute approximate surface area is 97.7 Å². The lowest BCUT2D eigenvalue weighted by molar-refractivity contribution is 0.937. The summed E-state index contributed by atoms with van der Waals surface area (Å²) in [5, 5.41) is 9.26. The minimum atomic E-state index is 0.834. The maximum atomic E-state index is 4.41. The molecule has 0 saturated carbocycles. The van der Waals surface area contributed by atoms with Crippen molar-refractivity contribution in [1.29, 1.82) is 0 Å². The van der Waals surface area contributed by atoms with Crippen molar-refractivity contribution in [2.45, 2.75) is 17.9 Å². The van der Waals surface area contributed by atoms with Gasteiger partial charge in [0.15, 0.2) is 5.65 Å². The zero-order valence-electron chi connectivity index (χ0n) is 9.10. The van der Waals surface area contributed by atoms with E-state index in [4.69, 9.17) is 0 Å². The Bertz CT molecular complexity index is 503. The van der Waals surface area contributed by atoms with Crippen LogP contribution in [0.4, 0.5) is 5.82 Å². The summed E-state index contributed by atoms with van der Waals surface area (Å²) in [6.07, 6.45) is 6.13. The molecule has 1 aliphatic rings. The van der Waals surface area contributed by atoms with Crippen molar-refractivity contribution in [1.82, 2.24) is 20.2 Å². The zero-order chi connectivity index (χ0) is 11.0. The Morgan fingerprint density at radius 2 is 2.12 bits per heavy atom. The van der Waals surface area contributed by atoms with Gasteiger partial charge in [-0.2, -0.15) is 5.10 Å². The van der Waals surface area contributed by atoms with E-state index < -0.39 is 0 Å². The van der Waals surface area contributed by atoms with Crippen molar-refractivity contribution < 1.29 is 0 Å². The highest BCUT2D eigenvalue weighted by Crippen LogP contribution is 2.31. The Morgan fingerprint density at radius 3 is 2.88 bits per heavy atom. The van der Waals surface area contributed by atoms with Crippen molar-refractivity contribution in [3.05, 3.63) is 6.33 Å². The third-order valence-corrected chi connectivity index (χ3v) is 3.59. The summed E-state index contributed by atoms with van der Waals surface area (Å²) in [7, 11) is 0. The number of thioether (sulfide) groups is 1. The van der Waals surface area contributed by atoms with Crippen LogP contribution in [-0.2, 0) is 0 Å². The summed E-state index contributed by atoms with van der Waals surface area (Å²) < 4.78 is 0. The first-order valence-electron chi connectivity index (χ1n) is 5.38. The molecule has 1 aliphatic heterocycles. The van der Waals surface area contributed by atoms with Crippen molar-refractivity contribution in [3.63, 3.8) is 0 Å². The van der Waals surface area contributed by atoms with E-state index in [0.29, 0.717) is 0 Å². The van der Waals surface area contributed by atoms with E-state index in [0.717, 1.165) is 35.0 Å². The number of nitrogens with one attached hydrogen (secondary N) is 1. The van der Waals surface area contributed by atoms with Gasteiger partial charge in [-0.1, -0.05) is 0 Å². The van der Waals surface area contributed by atoms with Gasteiger partial charge in [-0.15, -0.1) is 11.8 Å². The van der Waals surface area contributed by atoms with Crippen molar-refractivity contribution in [2.24, 2.45) is 0 Å². The molecule has 0 unspecified atom stereocenters. The number of hydrogen-bond acceptors (Lipinski definition) is 5. The summed E-state index contributed by atoms with van der Waals surface area (Å²) in [5.41, 5.74) is 0.834. The van der Waals surface area contributed by atoms with E-state index in [1.807, 2.05) is 6.26 Å². The second-order valence-corrected chi connectivity index (χ2v) is 4.64. The molecule has 0 amide bonds. The van der Waals surface area contributed by atoms with Gasteiger partial charge in [0.1, 0.15) is 17.2 Å². The van der Waals surface area contributed by atoms with Gasteiger partial charge < -0.3 is 4.90 Å². The number of anilines is 1. The van der Waals surface area contributed by atoms with Crippen LogP contribution in [-0.4, -0.2) is 39.5 Å². The number of nitrogens with zero attached hydrogens (tertiary/aromatic N) is 4. The maximum Gasteiger partial charge on any atom is 0.161 e. The molecule has 84 valence electrons. The number of H-pyrrole nitrogens is 1. The maximum absolute atomic E-state index is 4.41. The van der Waals surface area contributed by atoms with Crippen LogP contribution in [0.25, 0.3) is 11.0 Å². The Kier molecular flexibility index (Phi) is 2.43. The molecule has 2 aromatic heterocycles. The molecule has 2 aromatic rings. The van der Waals surface area contributed by atoms with Crippen molar-refractivity contribution in [2.75, 3.05) is 24.2 Å². The highest BCUT2D eigenvalue weighted by Gasteiger charge is 2.19. The second-order valence-electron chi connectivity index (χ2n) is 3.85. The smallest absolute Gasteiger partial charge is 0.161 e. The Hall–Kier alpha value is -1.30. The molecule has 1 fully saturated rings. The molecule has 1 saturated heterocycles. The fourth-order valence-electron chi connectivity index (χ4n) is 2.13. The summed E-state index contributed by atoms with van der Waals surface area (Å²) in [6.45, 7) is 2.18. The van der Waals surface area contributed by atoms with E-state index in [2.05, 4.69) is 25.1 Å². The highest BCUT2D eigenvalue weighted by molar-refractivity contribution is 7.98. The third kappa shape index (κ3) is 1.44. The third-order valence-electron chi connectivity index (χ3n) is 2.90. The van der Waals surface area contributed by atoms with Gasteiger partial charge in [-0.3, -0.25) is 5.10 Å². The molecule has 0 spiro atoms. The second kappa shape index (κ2) is 3.93. The molecular formula is C10H13N5S. The fraction of sp³-hybridized carbons (Fsp3) is 0.500. The number of aromatic nitrogens is 4. The molecule has 0 atom stereocenters. The summed E-state index contributed by atoms with van der Waals surface area (Å²) in [6, 6.07) is 0. The van der Waals surface area contributed by atoms with Crippen LogP contribution in [0.15, 0.2) is 11.4 Å². The first-order chi connectivity index (χ1) is 7.90. The average molecular weight is 235 g/mol. The van der Waals surface area contributed by atoms with Crippen LogP contribution in [0, 0.1) is 0 Å². The fourth-order valence-corrected chi connectivity index (χ4v) is 2.66. The normalized spacial score (nSPS) is 16.2. The molecule has 3 heterocycles. The van der Waals surface area contributed by atoms with Crippen LogP contribution < -0.4 is 4.90 Å². The average Bonchev–Trinajstić information content (AvgIpc) is 2.97. The lowest BCUT2D eigenvalue weighted by Gasteiger charge is -2.16. The van der Waals surface area contributed by atoms with E-state index in [1.165, 1.54) is 12.8 Å². The van der Waals surface area contributed by atoms with E-state index >= 15 is 0 Å². The van der Waals surface area contributed by atoms with Crippen LogP contribution in [0.5, 0.6) is 0 Å². The molecule has 16 heavy (non-hydrogen) atoms. The van der Waals surface area contributed by atoms with Gasteiger partial charge in [0.2, 0.25) is 0 Å². The van der Waals surface area contributed by atoms with Gasteiger partial charge in [-0.25, -0.2) is 9.97 Å². The van der Waals surface area contributed by atoms with E-state index in [1.54, 1.807) is 18.1 Å². The molecule has 3 rings (SSSR count). The minimum absolute atomic E-state index is 0.834. The van der Waals surface area contributed by atoms with E-state index in [-0.39, 0.29) is 0 Å². The lowest BCUT2D eigenvalue weighted by atomic mass is 10.3. The standard InChI is InChI=1S/C10H13N5S/c1-16-10-7-8(13-14-10)11-6-12-9(7)15-4-2-3-5-15/h6H,2-5H2,1H3,(H,11,12,13,14). The number of hydrogen-bond donors (Lipinski definition) is 1. The van der Waals surface area contributed by atoms with E-state index in [9.17, 15) is 0 Å². The van der Waals surface area contributed by atoms with Crippen LogP contribution in [0.1, 0.15) is 12.8 Å². The first-order valence-corrected chi connectivity index (χ1v) is 6.60. The van der Waals surface area contributed by atoms with Crippen molar-refractivity contribution in [3.8, 4) is 0 Å². The van der Waals surface area contributed by atoms with Crippen LogP contribution >= 0.6 is 11.8 Å². The molecule has 5 nitrogen and oxygen atoms in total. The summed E-state index contributed by atoms with van der Waals surface area (Å²) >= 11 is 1.63. The van der Waals surface area contributed by atoms with Gasteiger partial charge in [-0.05, 0) is 19.1 Å². The quantitative estimate of drug-likeness (QED) is 0.802. The van der Waals surface area contributed by atoms with Gasteiger partial charge in [0, 0.05) is 13.1 Å². The molecule has 0 aliphatic carbocycles. The zero-order valence-corrected chi connectivity index (χ0v) is 9.92. The molecule has 1 N–H and O–H groups in total. The number of aromatic amines is 1.